The molecule has 0 aliphatic carbocycles. The highest BCUT2D eigenvalue weighted by Gasteiger charge is 2.21. The van der Waals surface area contributed by atoms with Gasteiger partial charge in [0.25, 0.3) is 0 Å². The Labute approximate surface area is 147 Å². The van der Waals surface area contributed by atoms with Crippen LogP contribution in [0, 0.1) is 23.0 Å². The molecule has 0 amide bonds. The third-order valence-corrected chi connectivity index (χ3v) is 3.46. The number of nitriles is 1. The van der Waals surface area contributed by atoms with E-state index in [1.807, 2.05) is 6.92 Å². The zero-order valence-electron chi connectivity index (χ0n) is 13.7. The maximum absolute atomic E-state index is 14.1. The van der Waals surface area contributed by atoms with E-state index in [0.717, 1.165) is 18.4 Å². The molecule has 2 aromatic carbocycles. The normalized spacial score (nSPS) is 11.5. The van der Waals surface area contributed by atoms with Crippen molar-refractivity contribution in [1.82, 2.24) is 0 Å². The van der Waals surface area contributed by atoms with Crippen molar-refractivity contribution in [2.24, 2.45) is 0 Å². The first-order valence-electron chi connectivity index (χ1n) is 7.63. The molecule has 2 aromatic rings. The highest BCUT2D eigenvalue weighted by Crippen LogP contribution is 2.25. The first-order chi connectivity index (χ1) is 12.4. The van der Waals surface area contributed by atoms with Gasteiger partial charge in [-0.1, -0.05) is 37.6 Å². The minimum atomic E-state index is -1.83. The van der Waals surface area contributed by atoms with E-state index in [2.05, 4.69) is 4.74 Å². The molecule has 0 atom stereocenters. The molecule has 26 heavy (non-hydrogen) atoms. The summed E-state index contributed by atoms with van der Waals surface area (Å²) in [6.07, 6.45) is 1.65. The number of benzene rings is 2. The number of esters is 1. The van der Waals surface area contributed by atoms with Crippen LogP contribution in [0.2, 0.25) is 0 Å². The fourth-order valence-corrected chi connectivity index (χ4v) is 2.19. The molecule has 0 unspecified atom stereocenters. The van der Waals surface area contributed by atoms with Gasteiger partial charge in [-0.25, -0.2) is 18.0 Å². The lowest BCUT2D eigenvalue weighted by Gasteiger charge is -2.06. The summed E-state index contributed by atoms with van der Waals surface area (Å²) in [5.74, 6) is -8.29. The van der Waals surface area contributed by atoms with E-state index < -0.39 is 40.6 Å². The number of ether oxygens (including phenoxy) is 1. The van der Waals surface area contributed by atoms with E-state index in [-0.39, 0.29) is 5.56 Å². The van der Waals surface area contributed by atoms with E-state index in [1.54, 1.807) is 12.1 Å². The van der Waals surface area contributed by atoms with E-state index in [0.29, 0.717) is 12.1 Å². The van der Waals surface area contributed by atoms with Crippen molar-refractivity contribution < 1.29 is 27.1 Å². The zero-order chi connectivity index (χ0) is 19.3. The number of aryl methyl sites for hydroxylation is 1. The van der Waals surface area contributed by atoms with E-state index in [4.69, 9.17) is 5.26 Å². The number of hydrogen-bond acceptors (Lipinski definition) is 3. The van der Waals surface area contributed by atoms with Crippen LogP contribution in [-0.4, -0.2) is 5.97 Å². The average molecular weight is 363 g/mol. The van der Waals surface area contributed by atoms with Crippen molar-refractivity contribution in [3.05, 3.63) is 70.5 Å². The number of carbonyl (C=O) groups excluding carboxylic acids is 1. The molecule has 0 spiro atoms. The van der Waals surface area contributed by atoms with Crippen molar-refractivity contribution >= 4 is 11.8 Å². The summed E-state index contributed by atoms with van der Waals surface area (Å²) in [5.41, 5.74) is -0.119. The lowest BCUT2D eigenvalue weighted by molar-refractivity contribution is -0.131. The van der Waals surface area contributed by atoms with Crippen LogP contribution in [0.3, 0.4) is 0 Å². The standard InChI is InChI=1S/C19H13F4NO2/c1-2-3-11-4-6-12(7-5-11)17(22)18(23)19(25)26-13-8-15(20)14(10-24)16(21)9-13/h4-9H,2-3H2,1H3/b18-17+. The van der Waals surface area contributed by atoms with Gasteiger partial charge in [-0.3, -0.25) is 0 Å². The molecular weight excluding hydrogens is 350 g/mol. The number of hydrogen-bond donors (Lipinski definition) is 0. The Morgan fingerprint density at radius 2 is 1.69 bits per heavy atom. The molecule has 7 heteroatoms. The molecule has 2 rings (SSSR count). The van der Waals surface area contributed by atoms with Crippen LogP contribution >= 0.6 is 0 Å². The van der Waals surface area contributed by atoms with Gasteiger partial charge in [0, 0.05) is 17.7 Å². The van der Waals surface area contributed by atoms with Crippen molar-refractivity contribution in [1.29, 1.82) is 5.26 Å². The molecule has 0 radical (unpaired) electrons. The molecule has 0 bridgehead atoms. The largest absolute Gasteiger partial charge is 0.421 e. The van der Waals surface area contributed by atoms with Gasteiger partial charge >= 0.3 is 5.97 Å². The Bertz CT molecular complexity index is 876. The van der Waals surface area contributed by atoms with Crippen molar-refractivity contribution in [3.63, 3.8) is 0 Å². The minimum absolute atomic E-state index is 0.170. The lowest BCUT2D eigenvalue weighted by atomic mass is 10.1. The second-order valence-corrected chi connectivity index (χ2v) is 5.34. The molecule has 0 heterocycles. The summed E-state index contributed by atoms with van der Waals surface area (Å²) >= 11 is 0. The van der Waals surface area contributed by atoms with E-state index in [1.165, 1.54) is 18.2 Å². The van der Waals surface area contributed by atoms with Crippen LogP contribution in [0.4, 0.5) is 17.6 Å². The SMILES string of the molecule is CCCc1ccc(/C(F)=C(\F)C(=O)Oc2cc(F)c(C#N)c(F)c2)cc1. The molecular formula is C19H13F4NO2. The van der Waals surface area contributed by atoms with Crippen LogP contribution in [0.15, 0.2) is 42.2 Å². The topological polar surface area (TPSA) is 50.1 Å². The first-order valence-corrected chi connectivity index (χ1v) is 7.63. The molecule has 0 N–H and O–H groups in total. The van der Waals surface area contributed by atoms with Gasteiger partial charge in [-0.05, 0) is 12.0 Å². The quantitative estimate of drug-likeness (QED) is 0.325. The van der Waals surface area contributed by atoms with Gasteiger partial charge in [0.05, 0.1) is 0 Å². The van der Waals surface area contributed by atoms with Crippen LogP contribution in [-0.2, 0) is 11.2 Å². The van der Waals surface area contributed by atoms with E-state index >= 15 is 0 Å². The van der Waals surface area contributed by atoms with Crippen molar-refractivity contribution in [3.8, 4) is 11.8 Å². The number of nitrogens with zero attached hydrogens (tertiary/aromatic N) is 1. The van der Waals surface area contributed by atoms with Gasteiger partial charge in [-0.2, -0.15) is 9.65 Å². The van der Waals surface area contributed by atoms with Gasteiger partial charge in [-0.15, -0.1) is 0 Å². The maximum Gasteiger partial charge on any atom is 0.375 e. The van der Waals surface area contributed by atoms with Crippen LogP contribution in [0.1, 0.15) is 30.0 Å². The molecule has 0 aromatic heterocycles. The zero-order valence-corrected chi connectivity index (χ0v) is 13.7. The third kappa shape index (κ3) is 4.28. The number of halogens is 4. The minimum Gasteiger partial charge on any atom is -0.421 e. The fourth-order valence-electron chi connectivity index (χ4n) is 2.19. The summed E-state index contributed by atoms with van der Waals surface area (Å²) in [7, 11) is 0. The predicted molar refractivity (Wildman–Crippen MR) is 86.3 cm³/mol. The predicted octanol–water partition coefficient (Wildman–Crippen LogP) is 5.00. The highest BCUT2D eigenvalue weighted by molar-refractivity contribution is 5.94. The summed E-state index contributed by atoms with van der Waals surface area (Å²) in [5, 5.41) is 8.56. The monoisotopic (exact) mass is 363 g/mol. The Morgan fingerprint density at radius 1 is 1.12 bits per heavy atom. The van der Waals surface area contributed by atoms with Gasteiger partial charge in [0.15, 0.2) is 5.83 Å². The molecule has 0 aliphatic heterocycles. The Kier molecular flexibility index (Phi) is 6.12. The second kappa shape index (κ2) is 8.30. The average Bonchev–Trinajstić information content (AvgIpc) is 2.61. The van der Waals surface area contributed by atoms with Crippen LogP contribution in [0.25, 0.3) is 5.83 Å². The molecule has 0 aliphatic rings. The van der Waals surface area contributed by atoms with Gasteiger partial charge in [0.1, 0.15) is 29.0 Å². The fraction of sp³-hybridized carbons (Fsp3) is 0.158. The Hall–Kier alpha value is -3.14. The summed E-state index contributed by atoms with van der Waals surface area (Å²) in [6.45, 7) is 1.97. The number of rotatable bonds is 5. The smallest absolute Gasteiger partial charge is 0.375 e. The maximum atomic E-state index is 14.1. The van der Waals surface area contributed by atoms with Gasteiger partial charge in [0.2, 0.25) is 5.83 Å². The lowest BCUT2D eigenvalue weighted by Crippen LogP contribution is -2.10. The van der Waals surface area contributed by atoms with Crippen LogP contribution in [0.5, 0.6) is 5.75 Å². The second-order valence-electron chi connectivity index (χ2n) is 5.34. The molecule has 134 valence electrons. The highest BCUT2D eigenvalue weighted by atomic mass is 19.2. The van der Waals surface area contributed by atoms with Gasteiger partial charge < -0.3 is 4.74 Å². The Morgan fingerprint density at radius 3 is 2.19 bits per heavy atom. The first kappa shape index (κ1) is 19.2. The summed E-state index contributed by atoms with van der Waals surface area (Å²) in [6, 6.07) is 8.18. The molecule has 0 fully saturated rings. The summed E-state index contributed by atoms with van der Waals surface area (Å²) < 4.78 is 59.4. The Balaban J connectivity index is 2.23. The third-order valence-electron chi connectivity index (χ3n) is 3.46. The molecule has 0 saturated heterocycles. The molecule has 3 nitrogen and oxygen atoms in total. The van der Waals surface area contributed by atoms with Crippen LogP contribution < -0.4 is 4.74 Å². The van der Waals surface area contributed by atoms with Crippen molar-refractivity contribution in [2.75, 3.05) is 0 Å². The van der Waals surface area contributed by atoms with E-state index in [9.17, 15) is 22.4 Å². The summed E-state index contributed by atoms with van der Waals surface area (Å²) in [4.78, 5) is 11.7. The number of carbonyl (C=O) groups is 1. The van der Waals surface area contributed by atoms with Crippen molar-refractivity contribution in [2.45, 2.75) is 19.8 Å². The molecule has 0 saturated carbocycles.